The van der Waals surface area contributed by atoms with Crippen LogP contribution in [0.2, 0.25) is 5.02 Å². The van der Waals surface area contributed by atoms with E-state index >= 15 is 0 Å². The predicted molar refractivity (Wildman–Crippen MR) is 81.9 cm³/mol. The molecule has 0 radical (unpaired) electrons. The van der Waals surface area contributed by atoms with E-state index in [0.29, 0.717) is 5.02 Å². The highest BCUT2D eigenvalue weighted by Crippen LogP contribution is 2.31. The lowest BCUT2D eigenvalue weighted by Crippen LogP contribution is -2.22. The second kappa shape index (κ2) is 4.89. The standard InChI is InChI=1S/C17H14ClNO/c1-17(20,13-5-2-6-15(18)10-13)14-8-7-12-4-3-9-19-16(12)11-14/h2-11,20H,1H3. The fourth-order valence-corrected chi connectivity index (χ4v) is 2.52. The largest absolute Gasteiger partial charge is 0.381 e. The molecule has 1 aromatic heterocycles. The Labute approximate surface area is 122 Å². The Morgan fingerprint density at radius 3 is 2.60 bits per heavy atom. The van der Waals surface area contributed by atoms with E-state index < -0.39 is 5.60 Å². The second-order valence-corrected chi connectivity index (χ2v) is 5.43. The summed E-state index contributed by atoms with van der Waals surface area (Å²) in [6.07, 6.45) is 1.75. The SMILES string of the molecule is CC(O)(c1cccc(Cl)c1)c1ccc2cccnc2c1. The molecule has 100 valence electrons. The van der Waals surface area contributed by atoms with Gasteiger partial charge in [-0.2, -0.15) is 0 Å². The summed E-state index contributed by atoms with van der Waals surface area (Å²) in [7, 11) is 0. The molecule has 3 aromatic rings. The second-order valence-electron chi connectivity index (χ2n) is 4.99. The lowest BCUT2D eigenvalue weighted by atomic mass is 9.88. The minimum atomic E-state index is -1.10. The van der Waals surface area contributed by atoms with Gasteiger partial charge in [0.15, 0.2) is 0 Å². The van der Waals surface area contributed by atoms with E-state index in [0.717, 1.165) is 22.0 Å². The molecule has 2 aromatic carbocycles. The number of halogens is 1. The number of benzene rings is 2. The monoisotopic (exact) mass is 283 g/mol. The number of fused-ring (bicyclic) bond motifs is 1. The zero-order chi connectivity index (χ0) is 14.2. The number of hydrogen-bond acceptors (Lipinski definition) is 2. The van der Waals surface area contributed by atoms with Gasteiger partial charge < -0.3 is 5.11 Å². The van der Waals surface area contributed by atoms with Crippen LogP contribution in [0, 0.1) is 0 Å². The van der Waals surface area contributed by atoms with Gasteiger partial charge in [0, 0.05) is 16.6 Å². The molecular weight excluding hydrogens is 270 g/mol. The molecule has 0 fully saturated rings. The van der Waals surface area contributed by atoms with Crippen molar-refractivity contribution in [2.45, 2.75) is 12.5 Å². The number of aromatic nitrogens is 1. The van der Waals surface area contributed by atoms with Gasteiger partial charge in [0.25, 0.3) is 0 Å². The van der Waals surface area contributed by atoms with Crippen LogP contribution in [0.5, 0.6) is 0 Å². The topological polar surface area (TPSA) is 33.1 Å². The molecule has 1 N–H and O–H groups in total. The van der Waals surface area contributed by atoms with Crippen molar-refractivity contribution in [2.24, 2.45) is 0 Å². The summed E-state index contributed by atoms with van der Waals surface area (Å²) in [4.78, 5) is 4.33. The van der Waals surface area contributed by atoms with Crippen molar-refractivity contribution >= 4 is 22.5 Å². The van der Waals surface area contributed by atoms with Gasteiger partial charge in [-0.15, -0.1) is 0 Å². The molecule has 0 aliphatic rings. The van der Waals surface area contributed by atoms with E-state index in [4.69, 9.17) is 11.6 Å². The van der Waals surface area contributed by atoms with E-state index in [1.807, 2.05) is 42.5 Å². The summed E-state index contributed by atoms with van der Waals surface area (Å²) in [6.45, 7) is 1.77. The zero-order valence-electron chi connectivity index (χ0n) is 11.0. The van der Waals surface area contributed by atoms with Crippen LogP contribution in [0.4, 0.5) is 0 Å². The van der Waals surface area contributed by atoms with Gasteiger partial charge in [-0.3, -0.25) is 4.98 Å². The summed E-state index contributed by atoms with van der Waals surface area (Å²) in [5.74, 6) is 0. The number of pyridine rings is 1. The highest BCUT2D eigenvalue weighted by atomic mass is 35.5. The first-order chi connectivity index (χ1) is 9.57. The Kier molecular flexibility index (Phi) is 3.20. The molecule has 20 heavy (non-hydrogen) atoms. The summed E-state index contributed by atoms with van der Waals surface area (Å²) in [6, 6.07) is 17.0. The molecule has 0 aliphatic carbocycles. The molecule has 3 rings (SSSR count). The summed E-state index contributed by atoms with van der Waals surface area (Å²) in [5.41, 5.74) is 1.33. The molecule has 0 amide bonds. The van der Waals surface area contributed by atoms with Gasteiger partial charge in [-0.1, -0.05) is 41.9 Å². The molecule has 3 heteroatoms. The van der Waals surface area contributed by atoms with E-state index in [9.17, 15) is 5.11 Å². The lowest BCUT2D eigenvalue weighted by Gasteiger charge is -2.25. The third kappa shape index (κ3) is 2.28. The van der Waals surface area contributed by atoms with Crippen LogP contribution in [-0.2, 0) is 5.60 Å². The fraction of sp³-hybridized carbons (Fsp3) is 0.118. The van der Waals surface area contributed by atoms with Gasteiger partial charge in [0.1, 0.15) is 5.60 Å². The van der Waals surface area contributed by atoms with Crippen LogP contribution in [0.15, 0.2) is 60.8 Å². The van der Waals surface area contributed by atoms with Gasteiger partial charge in [-0.25, -0.2) is 0 Å². The number of hydrogen-bond donors (Lipinski definition) is 1. The quantitative estimate of drug-likeness (QED) is 0.766. The first-order valence-electron chi connectivity index (χ1n) is 6.41. The van der Waals surface area contributed by atoms with Crippen molar-refractivity contribution in [3.05, 3.63) is 76.9 Å². The maximum absolute atomic E-state index is 10.9. The average Bonchev–Trinajstić information content (AvgIpc) is 2.46. The van der Waals surface area contributed by atoms with Gasteiger partial charge in [0.2, 0.25) is 0 Å². The molecule has 2 nitrogen and oxygen atoms in total. The third-order valence-electron chi connectivity index (χ3n) is 3.55. The summed E-state index contributed by atoms with van der Waals surface area (Å²) >= 11 is 6.01. The minimum absolute atomic E-state index is 0.613. The molecule has 0 spiro atoms. The zero-order valence-corrected chi connectivity index (χ0v) is 11.8. The van der Waals surface area contributed by atoms with Crippen LogP contribution in [0.3, 0.4) is 0 Å². The maximum Gasteiger partial charge on any atom is 0.112 e. The first-order valence-corrected chi connectivity index (χ1v) is 6.79. The highest BCUT2D eigenvalue weighted by molar-refractivity contribution is 6.30. The number of rotatable bonds is 2. The molecule has 0 bridgehead atoms. The Morgan fingerprint density at radius 1 is 1.00 bits per heavy atom. The third-order valence-corrected chi connectivity index (χ3v) is 3.79. The Bertz CT molecular complexity index is 768. The minimum Gasteiger partial charge on any atom is -0.381 e. The van der Waals surface area contributed by atoms with Crippen LogP contribution in [0.25, 0.3) is 10.9 Å². The Hall–Kier alpha value is -1.90. The van der Waals surface area contributed by atoms with Crippen molar-refractivity contribution in [3.63, 3.8) is 0 Å². The Morgan fingerprint density at radius 2 is 1.80 bits per heavy atom. The van der Waals surface area contributed by atoms with Gasteiger partial charge >= 0.3 is 0 Å². The first kappa shape index (κ1) is 13.1. The molecule has 0 aliphatic heterocycles. The van der Waals surface area contributed by atoms with Crippen LogP contribution < -0.4 is 0 Å². The van der Waals surface area contributed by atoms with E-state index in [-0.39, 0.29) is 0 Å². The smallest absolute Gasteiger partial charge is 0.112 e. The molecule has 1 heterocycles. The van der Waals surface area contributed by atoms with Crippen LogP contribution in [-0.4, -0.2) is 10.1 Å². The number of nitrogens with zero attached hydrogens (tertiary/aromatic N) is 1. The van der Waals surface area contributed by atoms with Crippen molar-refractivity contribution in [2.75, 3.05) is 0 Å². The molecule has 0 saturated heterocycles. The van der Waals surface area contributed by atoms with E-state index in [1.54, 1.807) is 25.3 Å². The van der Waals surface area contributed by atoms with Crippen LogP contribution in [0.1, 0.15) is 18.1 Å². The maximum atomic E-state index is 10.9. The van der Waals surface area contributed by atoms with Crippen molar-refractivity contribution in [1.29, 1.82) is 0 Å². The highest BCUT2D eigenvalue weighted by Gasteiger charge is 2.26. The van der Waals surface area contributed by atoms with Crippen molar-refractivity contribution in [1.82, 2.24) is 4.98 Å². The van der Waals surface area contributed by atoms with E-state index in [2.05, 4.69) is 4.98 Å². The predicted octanol–water partition coefficient (Wildman–Crippen LogP) is 4.14. The van der Waals surface area contributed by atoms with Gasteiger partial charge in [0.05, 0.1) is 5.52 Å². The molecule has 1 atom stereocenters. The summed E-state index contributed by atoms with van der Waals surface area (Å²) < 4.78 is 0. The Balaban J connectivity index is 2.13. The molecule has 0 saturated carbocycles. The molecule has 1 unspecified atom stereocenters. The average molecular weight is 284 g/mol. The molecular formula is C17H14ClNO. The number of aliphatic hydroxyl groups is 1. The van der Waals surface area contributed by atoms with Crippen molar-refractivity contribution < 1.29 is 5.11 Å². The summed E-state index contributed by atoms with van der Waals surface area (Å²) in [5, 5.41) is 12.5. The fourth-order valence-electron chi connectivity index (χ4n) is 2.33. The van der Waals surface area contributed by atoms with Crippen molar-refractivity contribution in [3.8, 4) is 0 Å². The van der Waals surface area contributed by atoms with Gasteiger partial charge in [-0.05, 0) is 42.3 Å². The van der Waals surface area contributed by atoms with Crippen LogP contribution >= 0.6 is 11.6 Å². The normalized spacial score (nSPS) is 14.2. The van der Waals surface area contributed by atoms with E-state index in [1.165, 1.54) is 0 Å². The lowest BCUT2D eigenvalue weighted by molar-refractivity contribution is 0.102.